The second-order valence-corrected chi connectivity index (χ2v) is 7.35. The van der Waals surface area contributed by atoms with Gasteiger partial charge in [-0.15, -0.1) is 0 Å². The lowest BCUT2D eigenvalue weighted by atomic mass is 9.86. The zero-order valence-corrected chi connectivity index (χ0v) is 12.5. The van der Waals surface area contributed by atoms with Crippen LogP contribution in [0.25, 0.3) is 0 Å². The third-order valence-corrected chi connectivity index (χ3v) is 5.34. The summed E-state index contributed by atoms with van der Waals surface area (Å²) in [5.41, 5.74) is 6.08. The lowest BCUT2D eigenvalue weighted by molar-refractivity contribution is 0.235. The highest BCUT2D eigenvalue weighted by Crippen LogP contribution is 2.28. The van der Waals surface area contributed by atoms with E-state index >= 15 is 0 Å². The van der Waals surface area contributed by atoms with Crippen molar-refractivity contribution >= 4 is 15.5 Å². The maximum absolute atomic E-state index is 12.7. The predicted octanol–water partition coefficient (Wildman–Crippen LogP) is 2.61. The third kappa shape index (κ3) is 3.91. The normalized spacial score (nSPS) is 23.2. The summed E-state index contributed by atoms with van der Waals surface area (Å²) in [6, 6.07) is 6.04. The van der Waals surface area contributed by atoms with Crippen LogP contribution in [0.15, 0.2) is 29.2 Å². The molecule has 3 N–H and O–H groups in total. The highest BCUT2D eigenvalue weighted by atomic mass is 32.2. The van der Waals surface area contributed by atoms with Crippen molar-refractivity contribution in [1.29, 1.82) is 0 Å². The number of nitrogens with two attached hydrogens (primary N) is 1. The van der Waals surface area contributed by atoms with Crippen LogP contribution in [0.1, 0.15) is 25.7 Å². The molecule has 0 spiro atoms. The molecule has 0 atom stereocenters. The quantitative estimate of drug-likeness (QED) is 0.875. The molecule has 0 bridgehead atoms. The standard InChI is InChI=1S/C14H20F2N2O2S/c15-14(16)21(19,20)13-4-2-1-3-12(13)18-9-10-5-7-11(17)8-6-10/h1-4,10-11,14,18H,5-9,17H2. The van der Waals surface area contributed by atoms with Crippen LogP contribution in [0.2, 0.25) is 0 Å². The van der Waals surface area contributed by atoms with Gasteiger partial charge in [0.25, 0.3) is 0 Å². The average molecular weight is 318 g/mol. The van der Waals surface area contributed by atoms with Crippen molar-refractivity contribution < 1.29 is 17.2 Å². The minimum atomic E-state index is -4.59. The molecule has 1 aromatic rings. The van der Waals surface area contributed by atoms with E-state index in [1.165, 1.54) is 18.2 Å². The Morgan fingerprint density at radius 2 is 1.81 bits per heavy atom. The van der Waals surface area contributed by atoms with Gasteiger partial charge in [0.2, 0.25) is 9.84 Å². The molecule has 118 valence electrons. The highest BCUT2D eigenvalue weighted by Gasteiger charge is 2.29. The molecule has 0 unspecified atom stereocenters. The summed E-state index contributed by atoms with van der Waals surface area (Å²) in [6.07, 6.45) is 3.84. The van der Waals surface area contributed by atoms with Crippen LogP contribution in [0.4, 0.5) is 14.5 Å². The average Bonchev–Trinajstić information content (AvgIpc) is 2.47. The minimum Gasteiger partial charge on any atom is -0.384 e. The Balaban J connectivity index is 2.07. The number of rotatable bonds is 5. The number of halogens is 2. The summed E-state index contributed by atoms with van der Waals surface area (Å²) in [7, 11) is -4.59. The summed E-state index contributed by atoms with van der Waals surface area (Å²) in [5, 5.41) is 3.01. The molecule has 0 aromatic heterocycles. The number of para-hydroxylation sites is 1. The van der Waals surface area contributed by atoms with Gasteiger partial charge in [-0.25, -0.2) is 8.42 Å². The molecule has 1 saturated carbocycles. The van der Waals surface area contributed by atoms with Crippen LogP contribution >= 0.6 is 0 Å². The topological polar surface area (TPSA) is 72.2 Å². The molecule has 1 aromatic carbocycles. The van der Waals surface area contributed by atoms with Crippen molar-refractivity contribution in [2.24, 2.45) is 11.7 Å². The Kier molecular flexibility index (Phi) is 5.16. The zero-order chi connectivity index (χ0) is 15.5. The van der Waals surface area contributed by atoms with Crippen molar-refractivity contribution in [3.8, 4) is 0 Å². The van der Waals surface area contributed by atoms with Crippen molar-refractivity contribution in [2.45, 2.75) is 42.4 Å². The van der Waals surface area contributed by atoms with E-state index in [1.54, 1.807) is 6.07 Å². The molecular weight excluding hydrogens is 298 g/mol. The van der Waals surface area contributed by atoms with Crippen molar-refractivity contribution in [3.63, 3.8) is 0 Å². The van der Waals surface area contributed by atoms with Gasteiger partial charge in [0.15, 0.2) is 0 Å². The number of benzene rings is 1. The molecule has 0 radical (unpaired) electrons. The van der Waals surface area contributed by atoms with E-state index in [2.05, 4.69) is 5.32 Å². The van der Waals surface area contributed by atoms with Gasteiger partial charge in [-0.2, -0.15) is 8.78 Å². The Morgan fingerprint density at radius 1 is 1.19 bits per heavy atom. The SMILES string of the molecule is NC1CCC(CNc2ccccc2S(=O)(=O)C(F)F)CC1. The molecule has 0 amide bonds. The first-order chi connectivity index (χ1) is 9.91. The Bertz CT molecular complexity index is 570. The van der Waals surface area contributed by atoms with E-state index in [4.69, 9.17) is 5.73 Å². The summed E-state index contributed by atoms with van der Waals surface area (Å²) in [6.45, 7) is 0.572. The van der Waals surface area contributed by atoms with Gasteiger partial charge in [-0.05, 0) is 43.7 Å². The van der Waals surface area contributed by atoms with E-state index in [-0.39, 0.29) is 16.6 Å². The summed E-state index contributed by atoms with van der Waals surface area (Å²) in [4.78, 5) is -0.340. The van der Waals surface area contributed by atoms with Crippen molar-refractivity contribution in [1.82, 2.24) is 0 Å². The minimum absolute atomic E-state index is 0.243. The Labute approximate surface area is 123 Å². The first-order valence-electron chi connectivity index (χ1n) is 7.02. The summed E-state index contributed by atoms with van der Waals surface area (Å²) >= 11 is 0. The summed E-state index contributed by atoms with van der Waals surface area (Å²) in [5.74, 6) is -3.01. The smallest absolute Gasteiger partial charge is 0.341 e. The number of nitrogens with one attached hydrogen (secondary N) is 1. The lowest BCUT2D eigenvalue weighted by Crippen LogP contribution is -2.29. The Morgan fingerprint density at radius 3 is 2.43 bits per heavy atom. The van der Waals surface area contributed by atoms with Gasteiger partial charge in [0.1, 0.15) is 0 Å². The highest BCUT2D eigenvalue weighted by molar-refractivity contribution is 7.91. The molecule has 0 saturated heterocycles. The first-order valence-corrected chi connectivity index (χ1v) is 8.56. The van der Waals surface area contributed by atoms with Gasteiger partial charge in [-0.3, -0.25) is 0 Å². The monoisotopic (exact) mass is 318 g/mol. The van der Waals surface area contributed by atoms with Crippen LogP contribution in [0.3, 0.4) is 0 Å². The fourth-order valence-corrected chi connectivity index (χ4v) is 3.51. The summed E-state index contributed by atoms with van der Waals surface area (Å²) < 4.78 is 48.7. The number of hydrogen-bond donors (Lipinski definition) is 2. The predicted molar refractivity (Wildman–Crippen MR) is 78.1 cm³/mol. The molecule has 0 aliphatic heterocycles. The molecule has 7 heteroatoms. The van der Waals surface area contributed by atoms with E-state index in [0.29, 0.717) is 12.5 Å². The molecule has 21 heavy (non-hydrogen) atoms. The van der Waals surface area contributed by atoms with E-state index in [0.717, 1.165) is 25.7 Å². The van der Waals surface area contributed by atoms with Gasteiger partial charge < -0.3 is 11.1 Å². The van der Waals surface area contributed by atoms with Crippen LogP contribution < -0.4 is 11.1 Å². The largest absolute Gasteiger partial charge is 0.384 e. The van der Waals surface area contributed by atoms with Gasteiger partial charge in [0.05, 0.1) is 10.6 Å². The molecule has 2 rings (SSSR count). The number of sulfone groups is 1. The van der Waals surface area contributed by atoms with Gasteiger partial charge >= 0.3 is 5.76 Å². The first kappa shape index (κ1) is 16.2. The van der Waals surface area contributed by atoms with Crippen LogP contribution in [-0.4, -0.2) is 26.8 Å². The van der Waals surface area contributed by atoms with Gasteiger partial charge in [0, 0.05) is 12.6 Å². The van der Waals surface area contributed by atoms with E-state index in [1.807, 2.05) is 0 Å². The van der Waals surface area contributed by atoms with E-state index in [9.17, 15) is 17.2 Å². The fourth-order valence-electron chi connectivity index (χ4n) is 2.60. The zero-order valence-electron chi connectivity index (χ0n) is 11.6. The molecule has 4 nitrogen and oxygen atoms in total. The number of anilines is 1. The molecule has 1 aliphatic carbocycles. The second-order valence-electron chi connectivity index (χ2n) is 5.46. The van der Waals surface area contributed by atoms with Crippen LogP contribution in [0, 0.1) is 5.92 Å². The third-order valence-electron chi connectivity index (χ3n) is 3.90. The molecule has 0 heterocycles. The number of alkyl halides is 2. The Hall–Kier alpha value is -1.21. The maximum atomic E-state index is 12.7. The van der Waals surface area contributed by atoms with Crippen molar-refractivity contribution in [2.75, 3.05) is 11.9 Å². The molecule has 1 aliphatic rings. The maximum Gasteiger partial charge on any atom is 0.341 e. The second kappa shape index (κ2) is 6.70. The molecule has 1 fully saturated rings. The molecular formula is C14H20F2N2O2S. The van der Waals surface area contributed by atoms with Gasteiger partial charge in [-0.1, -0.05) is 12.1 Å². The number of hydrogen-bond acceptors (Lipinski definition) is 4. The lowest BCUT2D eigenvalue weighted by Gasteiger charge is -2.26. The van der Waals surface area contributed by atoms with Crippen LogP contribution in [0.5, 0.6) is 0 Å². The van der Waals surface area contributed by atoms with E-state index < -0.39 is 15.6 Å². The van der Waals surface area contributed by atoms with Crippen molar-refractivity contribution in [3.05, 3.63) is 24.3 Å². The fraction of sp³-hybridized carbons (Fsp3) is 0.571. The van der Waals surface area contributed by atoms with Crippen LogP contribution in [-0.2, 0) is 9.84 Å².